The molecule has 2 amide bonds. The fourth-order valence-electron chi connectivity index (χ4n) is 7.61. The summed E-state index contributed by atoms with van der Waals surface area (Å²) in [5, 5.41) is 18.1. The monoisotopic (exact) mass is 836 g/mol. The van der Waals surface area contributed by atoms with Gasteiger partial charge in [0.2, 0.25) is 13.6 Å². The van der Waals surface area contributed by atoms with Gasteiger partial charge in [-0.3, -0.25) is 9.80 Å². The van der Waals surface area contributed by atoms with Crippen LogP contribution in [0.3, 0.4) is 0 Å². The summed E-state index contributed by atoms with van der Waals surface area (Å²) in [6.07, 6.45) is -0.0269. The van der Waals surface area contributed by atoms with Crippen molar-refractivity contribution in [1.29, 1.82) is 0 Å². The van der Waals surface area contributed by atoms with E-state index in [4.69, 9.17) is 42.8 Å². The summed E-state index contributed by atoms with van der Waals surface area (Å²) in [7, 11) is 0. The van der Waals surface area contributed by atoms with Crippen molar-refractivity contribution in [3.05, 3.63) is 47.5 Å². The predicted molar refractivity (Wildman–Crippen MR) is 211 cm³/mol. The molecule has 6 heterocycles. The van der Waals surface area contributed by atoms with Gasteiger partial charge >= 0.3 is 24.1 Å². The SMILES string of the molecule is CC(C)(C)OC(=O)N1C[C@@]2(CC(c3ccc4c(c3)OCO4)=NO2)C[C@H]1C(=O)O.CC(C)(C)OC(=O)[C@@H]1C[C@]2(CC(c3ccc4c(c3)OCO4)=NO2)CN1C(=O)OC(C)(C)C. The van der Waals surface area contributed by atoms with Crippen molar-refractivity contribution in [2.75, 3.05) is 26.7 Å². The van der Waals surface area contributed by atoms with E-state index in [-0.39, 0.29) is 39.5 Å². The number of hydrogen-bond donors (Lipinski definition) is 1. The summed E-state index contributed by atoms with van der Waals surface area (Å²) in [6, 6.07) is 9.19. The molecule has 0 saturated carbocycles. The Hall–Kier alpha value is -5.94. The summed E-state index contributed by atoms with van der Waals surface area (Å²) >= 11 is 0. The standard InChI is InChI=1S/C23H30N2O7.C19H22N2O7/c1-21(2,3)30-19(26)16-11-23(12-25(16)20(27)31-22(4,5)6)10-15(24-32-23)14-7-8-17-18(9-14)29-13-28-17;1-18(2,3)27-17(24)21-9-19(8-13(21)16(22)23)7-12(20-28-19)11-4-5-14-15(6-11)26-10-25-14/h7-9,16H,10-13H2,1-6H3;4-6,13H,7-10H2,1-3H3,(H,22,23)/t16-,23+;13-,19+/m00/s1. The van der Waals surface area contributed by atoms with Gasteiger partial charge in [0, 0.05) is 36.8 Å². The lowest BCUT2D eigenvalue weighted by atomic mass is 9.91. The van der Waals surface area contributed by atoms with Gasteiger partial charge in [0.05, 0.1) is 24.5 Å². The quantitative estimate of drug-likeness (QED) is 0.277. The van der Waals surface area contributed by atoms with Crippen LogP contribution in [0.2, 0.25) is 0 Å². The van der Waals surface area contributed by atoms with E-state index in [2.05, 4.69) is 10.3 Å². The number of aliphatic carboxylic acids is 1. The highest BCUT2D eigenvalue weighted by atomic mass is 16.7. The minimum atomic E-state index is -1.09. The van der Waals surface area contributed by atoms with E-state index in [1.165, 1.54) is 9.80 Å². The van der Waals surface area contributed by atoms with E-state index in [9.17, 15) is 24.3 Å². The number of carbonyl (C=O) groups is 4. The van der Waals surface area contributed by atoms with Crippen LogP contribution in [0.5, 0.6) is 23.0 Å². The zero-order valence-corrected chi connectivity index (χ0v) is 35.3. The van der Waals surface area contributed by atoms with Crippen molar-refractivity contribution >= 4 is 35.5 Å². The third-order valence-corrected chi connectivity index (χ3v) is 10.1. The molecule has 4 atom stereocenters. The molecule has 2 aromatic carbocycles. The van der Waals surface area contributed by atoms with Gasteiger partial charge in [0.25, 0.3) is 0 Å². The molecule has 0 aliphatic carbocycles. The maximum absolute atomic E-state index is 13.0. The second-order valence-corrected chi connectivity index (χ2v) is 18.6. The fraction of sp³-hybridized carbons (Fsp3) is 0.571. The van der Waals surface area contributed by atoms with E-state index >= 15 is 0 Å². The van der Waals surface area contributed by atoms with Crippen molar-refractivity contribution < 1.29 is 67.1 Å². The molecule has 2 fully saturated rings. The van der Waals surface area contributed by atoms with Crippen molar-refractivity contribution in [2.45, 2.75) is 128 Å². The van der Waals surface area contributed by atoms with Crippen LogP contribution in [0, 0.1) is 0 Å². The van der Waals surface area contributed by atoms with E-state index in [0.717, 1.165) is 16.8 Å². The topological polar surface area (TPSA) is 203 Å². The van der Waals surface area contributed by atoms with Crippen LogP contribution < -0.4 is 18.9 Å². The highest BCUT2D eigenvalue weighted by Gasteiger charge is 2.56. The van der Waals surface area contributed by atoms with Gasteiger partial charge in [-0.1, -0.05) is 10.3 Å². The highest BCUT2D eigenvalue weighted by molar-refractivity contribution is 6.03. The van der Waals surface area contributed by atoms with Crippen LogP contribution in [0.25, 0.3) is 0 Å². The minimum absolute atomic E-state index is 0.0937. The van der Waals surface area contributed by atoms with Gasteiger partial charge in [0.1, 0.15) is 28.9 Å². The number of esters is 1. The maximum Gasteiger partial charge on any atom is 0.411 e. The molecule has 2 spiro atoms. The summed E-state index contributed by atoms with van der Waals surface area (Å²) in [4.78, 5) is 64.3. The molecule has 1 N–H and O–H groups in total. The fourth-order valence-corrected chi connectivity index (χ4v) is 7.61. The second-order valence-electron chi connectivity index (χ2n) is 18.6. The first kappa shape index (κ1) is 42.2. The van der Waals surface area contributed by atoms with Crippen LogP contribution in [0.4, 0.5) is 9.59 Å². The second kappa shape index (κ2) is 15.3. The first-order chi connectivity index (χ1) is 28.0. The number of carboxylic acids is 1. The van der Waals surface area contributed by atoms with Crippen LogP contribution in [0.15, 0.2) is 46.7 Å². The van der Waals surface area contributed by atoms with Gasteiger partial charge in [-0.15, -0.1) is 0 Å². The van der Waals surface area contributed by atoms with Crippen LogP contribution in [-0.2, 0) is 33.5 Å². The van der Waals surface area contributed by atoms with Crippen molar-refractivity contribution in [2.24, 2.45) is 10.3 Å². The predicted octanol–water partition coefficient (Wildman–Crippen LogP) is 6.00. The van der Waals surface area contributed by atoms with Crippen molar-refractivity contribution in [3.8, 4) is 23.0 Å². The molecule has 0 aromatic heterocycles. The normalized spacial score (nSPS) is 24.9. The van der Waals surface area contributed by atoms with Gasteiger partial charge in [-0.25, -0.2) is 19.2 Å². The summed E-state index contributed by atoms with van der Waals surface area (Å²) in [6.45, 7) is 16.6. The number of benzene rings is 2. The molecule has 324 valence electrons. The Labute approximate surface area is 347 Å². The largest absolute Gasteiger partial charge is 0.480 e. The lowest BCUT2D eigenvalue weighted by molar-refractivity contribution is -0.160. The first-order valence-corrected chi connectivity index (χ1v) is 19.8. The summed E-state index contributed by atoms with van der Waals surface area (Å²) in [5.41, 5.74) is -0.770. The van der Waals surface area contributed by atoms with E-state index < -0.39 is 64.2 Å². The number of likely N-dealkylation sites (tertiary alicyclic amines) is 2. The Morgan fingerprint density at radius 1 is 0.617 bits per heavy atom. The average molecular weight is 837 g/mol. The molecule has 0 bridgehead atoms. The van der Waals surface area contributed by atoms with Crippen LogP contribution >= 0.6 is 0 Å². The molecule has 2 aromatic rings. The zero-order valence-electron chi connectivity index (χ0n) is 35.3. The number of carbonyl (C=O) groups excluding carboxylic acids is 3. The Bertz CT molecular complexity index is 2080. The molecule has 18 heteroatoms. The number of fused-ring (bicyclic) bond motifs is 2. The Balaban J connectivity index is 0.000000183. The number of rotatable bonds is 4. The van der Waals surface area contributed by atoms with Gasteiger partial charge in [0.15, 0.2) is 34.2 Å². The van der Waals surface area contributed by atoms with E-state index in [0.29, 0.717) is 41.6 Å². The number of ether oxygens (including phenoxy) is 7. The third kappa shape index (κ3) is 9.26. The average Bonchev–Trinajstić information content (AvgIpc) is 3.99. The Morgan fingerprint density at radius 3 is 1.43 bits per heavy atom. The number of amides is 2. The minimum Gasteiger partial charge on any atom is -0.480 e. The third-order valence-electron chi connectivity index (χ3n) is 10.1. The first-order valence-electron chi connectivity index (χ1n) is 19.8. The van der Waals surface area contributed by atoms with Crippen LogP contribution in [-0.4, -0.2) is 117 Å². The van der Waals surface area contributed by atoms with Crippen LogP contribution in [0.1, 0.15) is 99.1 Å². The molecular formula is C42H52N4O14. The summed E-state index contributed by atoms with van der Waals surface area (Å²) in [5.74, 6) is 1.06. The molecule has 6 aliphatic rings. The number of nitrogens with zero attached hydrogens (tertiary/aromatic N) is 4. The number of oxime groups is 2. The molecule has 0 radical (unpaired) electrons. The molecular weight excluding hydrogens is 784 g/mol. The van der Waals surface area contributed by atoms with Crippen molar-refractivity contribution in [1.82, 2.24) is 9.80 Å². The lowest BCUT2D eigenvalue weighted by Gasteiger charge is -2.29. The summed E-state index contributed by atoms with van der Waals surface area (Å²) < 4.78 is 38.0. The van der Waals surface area contributed by atoms with Gasteiger partial charge in [-0.05, 0) is 98.7 Å². The molecule has 6 aliphatic heterocycles. The Morgan fingerprint density at radius 2 is 1.02 bits per heavy atom. The number of hydrogen-bond acceptors (Lipinski definition) is 15. The highest BCUT2D eigenvalue weighted by Crippen LogP contribution is 2.43. The molecule has 60 heavy (non-hydrogen) atoms. The van der Waals surface area contributed by atoms with E-state index in [1.54, 1.807) is 68.4 Å². The van der Waals surface area contributed by atoms with E-state index in [1.807, 2.05) is 30.3 Å². The smallest absolute Gasteiger partial charge is 0.411 e. The van der Waals surface area contributed by atoms with Crippen molar-refractivity contribution in [3.63, 3.8) is 0 Å². The Kier molecular flexibility index (Phi) is 10.7. The molecule has 2 saturated heterocycles. The number of carboxylic acid groups (broad SMARTS) is 1. The van der Waals surface area contributed by atoms with Gasteiger partial charge < -0.3 is 47.9 Å². The molecule has 0 unspecified atom stereocenters. The lowest BCUT2D eigenvalue weighted by Crippen LogP contribution is -2.46. The molecule has 18 nitrogen and oxygen atoms in total. The zero-order chi connectivity index (χ0) is 43.4. The van der Waals surface area contributed by atoms with Gasteiger partial charge in [-0.2, -0.15) is 0 Å². The maximum atomic E-state index is 13.0. The molecule has 8 rings (SSSR count).